The second kappa shape index (κ2) is 3.72. The van der Waals surface area contributed by atoms with Crippen molar-refractivity contribution in [3.8, 4) is 5.82 Å². The lowest BCUT2D eigenvalue weighted by Gasteiger charge is -2.09. The van der Waals surface area contributed by atoms with Crippen molar-refractivity contribution in [1.82, 2.24) is 19.5 Å². The van der Waals surface area contributed by atoms with Crippen LogP contribution in [0.15, 0.2) is 18.5 Å². The third kappa shape index (κ3) is 2.19. The number of rotatable bonds is 1. The molecule has 90 valence electrons. The van der Waals surface area contributed by atoms with E-state index in [2.05, 4.69) is 15.0 Å². The molecule has 2 aromatic rings. The summed E-state index contributed by atoms with van der Waals surface area (Å²) in [6, 6.07) is 0.824. The Bertz CT molecular complexity index is 546. The highest BCUT2D eigenvalue weighted by Crippen LogP contribution is 2.28. The van der Waals surface area contributed by atoms with Gasteiger partial charge in [0, 0.05) is 18.5 Å². The van der Waals surface area contributed by atoms with Gasteiger partial charge < -0.3 is 5.73 Å². The van der Waals surface area contributed by atoms with Crippen LogP contribution in [-0.4, -0.2) is 19.5 Å². The van der Waals surface area contributed by atoms with Gasteiger partial charge in [-0.05, 0) is 6.92 Å². The third-order valence-corrected chi connectivity index (χ3v) is 2.09. The Balaban J connectivity index is 2.57. The minimum absolute atomic E-state index is 0.0415. The number of aromatic nitrogens is 4. The van der Waals surface area contributed by atoms with Crippen LogP contribution in [0.25, 0.3) is 5.82 Å². The van der Waals surface area contributed by atoms with Crippen LogP contribution < -0.4 is 5.73 Å². The first-order chi connectivity index (χ1) is 7.88. The molecular weight excluding hydrogens is 235 g/mol. The molecule has 2 rings (SSSR count). The zero-order valence-electron chi connectivity index (χ0n) is 8.73. The molecule has 0 amide bonds. The largest absolute Gasteiger partial charge is 0.433 e. The Morgan fingerprint density at radius 2 is 2.00 bits per heavy atom. The van der Waals surface area contributed by atoms with Gasteiger partial charge in [0.25, 0.3) is 0 Å². The molecule has 0 fully saturated rings. The maximum Gasteiger partial charge on any atom is 0.433 e. The fourth-order valence-corrected chi connectivity index (χ4v) is 1.34. The molecule has 2 N–H and O–H groups in total. The van der Waals surface area contributed by atoms with Crippen LogP contribution in [0, 0.1) is 6.92 Å². The van der Waals surface area contributed by atoms with Crippen LogP contribution >= 0.6 is 0 Å². The molecule has 0 saturated heterocycles. The molecule has 17 heavy (non-hydrogen) atoms. The van der Waals surface area contributed by atoms with Crippen LogP contribution in [0.1, 0.15) is 11.5 Å². The smallest absolute Gasteiger partial charge is 0.368 e. The zero-order chi connectivity index (χ0) is 12.6. The average molecular weight is 243 g/mol. The number of hydrogen-bond acceptors (Lipinski definition) is 4. The standard InChI is InChI=1S/C9H8F3N5/c1-5-14-2-3-17(5)7-4-6(9(10,11)12)15-8(13)16-7/h2-4H,1H3,(H2,13,15,16). The van der Waals surface area contributed by atoms with Crippen molar-refractivity contribution in [2.24, 2.45) is 0 Å². The predicted molar refractivity (Wildman–Crippen MR) is 53.3 cm³/mol. The molecule has 0 unspecified atom stereocenters. The third-order valence-electron chi connectivity index (χ3n) is 2.09. The van der Waals surface area contributed by atoms with Gasteiger partial charge in [0.05, 0.1) is 0 Å². The summed E-state index contributed by atoms with van der Waals surface area (Å²) >= 11 is 0. The van der Waals surface area contributed by atoms with Gasteiger partial charge in [0.1, 0.15) is 11.6 Å². The number of hydrogen-bond donors (Lipinski definition) is 1. The van der Waals surface area contributed by atoms with Gasteiger partial charge in [-0.25, -0.2) is 9.97 Å². The molecule has 0 aromatic carbocycles. The molecule has 2 heterocycles. The lowest BCUT2D eigenvalue weighted by Crippen LogP contribution is -2.13. The van der Waals surface area contributed by atoms with Crippen molar-refractivity contribution in [3.63, 3.8) is 0 Å². The van der Waals surface area contributed by atoms with E-state index in [0.717, 1.165) is 6.07 Å². The predicted octanol–water partition coefficient (Wildman–Crippen LogP) is 1.57. The van der Waals surface area contributed by atoms with Gasteiger partial charge in [-0.15, -0.1) is 0 Å². The molecule has 8 heteroatoms. The number of halogens is 3. The average Bonchev–Trinajstić information content (AvgIpc) is 2.62. The number of aryl methyl sites for hydroxylation is 1. The van der Waals surface area contributed by atoms with E-state index < -0.39 is 17.8 Å². The lowest BCUT2D eigenvalue weighted by atomic mass is 10.3. The molecular formula is C9H8F3N5. The highest BCUT2D eigenvalue weighted by molar-refractivity contribution is 5.34. The fourth-order valence-electron chi connectivity index (χ4n) is 1.34. The Morgan fingerprint density at radius 1 is 1.29 bits per heavy atom. The van der Waals surface area contributed by atoms with E-state index in [-0.39, 0.29) is 5.82 Å². The maximum absolute atomic E-state index is 12.5. The van der Waals surface area contributed by atoms with Gasteiger partial charge in [-0.3, -0.25) is 4.57 Å². The van der Waals surface area contributed by atoms with E-state index in [1.165, 1.54) is 17.0 Å². The molecule has 0 bridgehead atoms. The van der Waals surface area contributed by atoms with E-state index in [1.807, 2.05) is 0 Å². The number of anilines is 1. The van der Waals surface area contributed by atoms with Gasteiger partial charge in [-0.2, -0.15) is 18.2 Å². The first-order valence-corrected chi connectivity index (χ1v) is 4.60. The van der Waals surface area contributed by atoms with E-state index in [4.69, 9.17) is 5.73 Å². The first kappa shape index (κ1) is 11.4. The number of alkyl halides is 3. The van der Waals surface area contributed by atoms with Crippen molar-refractivity contribution in [2.45, 2.75) is 13.1 Å². The molecule has 0 atom stereocenters. The normalized spacial score (nSPS) is 11.8. The summed E-state index contributed by atoms with van der Waals surface area (Å²) in [7, 11) is 0. The van der Waals surface area contributed by atoms with E-state index in [0.29, 0.717) is 5.82 Å². The second-order valence-corrected chi connectivity index (χ2v) is 3.31. The quantitative estimate of drug-likeness (QED) is 0.825. The van der Waals surface area contributed by atoms with Crippen LogP contribution in [-0.2, 0) is 6.18 Å². The summed E-state index contributed by atoms with van der Waals surface area (Å²) in [5, 5.41) is 0. The Hall–Kier alpha value is -2.12. The lowest BCUT2D eigenvalue weighted by molar-refractivity contribution is -0.141. The molecule has 5 nitrogen and oxygen atoms in total. The molecule has 0 saturated carbocycles. The van der Waals surface area contributed by atoms with Gasteiger partial charge in [0.2, 0.25) is 5.95 Å². The maximum atomic E-state index is 12.5. The van der Waals surface area contributed by atoms with Crippen LogP contribution in [0.5, 0.6) is 0 Å². The Morgan fingerprint density at radius 3 is 2.53 bits per heavy atom. The van der Waals surface area contributed by atoms with Gasteiger partial charge >= 0.3 is 6.18 Å². The molecule has 0 spiro atoms. The molecule has 0 aliphatic rings. The Kier molecular flexibility index (Phi) is 2.49. The molecule has 0 aliphatic heterocycles. The van der Waals surface area contributed by atoms with E-state index in [9.17, 15) is 13.2 Å². The highest BCUT2D eigenvalue weighted by atomic mass is 19.4. The van der Waals surface area contributed by atoms with Crippen molar-refractivity contribution < 1.29 is 13.2 Å². The van der Waals surface area contributed by atoms with Crippen molar-refractivity contribution >= 4 is 5.95 Å². The summed E-state index contributed by atoms with van der Waals surface area (Å²) in [6.45, 7) is 1.64. The summed E-state index contributed by atoms with van der Waals surface area (Å²) in [6.07, 6.45) is -1.60. The van der Waals surface area contributed by atoms with Crippen LogP contribution in [0.4, 0.5) is 19.1 Å². The number of nitrogens with two attached hydrogens (primary N) is 1. The summed E-state index contributed by atoms with van der Waals surface area (Å²) in [5.74, 6) is 0.124. The number of nitrogens with zero attached hydrogens (tertiary/aromatic N) is 4. The van der Waals surface area contributed by atoms with Crippen molar-refractivity contribution in [1.29, 1.82) is 0 Å². The highest BCUT2D eigenvalue weighted by Gasteiger charge is 2.33. The first-order valence-electron chi connectivity index (χ1n) is 4.60. The van der Waals surface area contributed by atoms with Crippen LogP contribution in [0.2, 0.25) is 0 Å². The minimum atomic E-state index is -4.56. The van der Waals surface area contributed by atoms with E-state index in [1.54, 1.807) is 6.92 Å². The summed E-state index contributed by atoms with van der Waals surface area (Å²) < 4.78 is 39.0. The van der Waals surface area contributed by atoms with Crippen molar-refractivity contribution in [3.05, 3.63) is 30.0 Å². The fraction of sp³-hybridized carbons (Fsp3) is 0.222. The molecule has 0 radical (unpaired) electrons. The second-order valence-electron chi connectivity index (χ2n) is 3.31. The SMILES string of the molecule is Cc1nccn1-c1cc(C(F)(F)F)nc(N)n1. The zero-order valence-corrected chi connectivity index (χ0v) is 8.73. The topological polar surface area (TPSA) is 69.6 Å². The van der Waals surface area contributed by atoms with Crippen LogP contribution in [0.3, 0.4) is 0 Å². The molecule has 0 aliphatic carbocycles. The van der Waals surface area contributed by atoms with Gasteiger partial charge in [0.15, 0.2) is 5.69 Å². The monoisotopic (exact) mass is 243 g/mol. The minimum Gasteiger partial charge on any atom is -0.368 e. The number of nitrogen functional groups attached to an aromatic ring is 1. The van der Waals surface area contributed by atoms with Gasteiger partial charge in [-0.1, -0.05) is 0 Å². The summed E-state index contributed by atoms with van der Waals surface area (Å²) in [4.78, 5) is 10.8. The summed E-state index contributed by atoms with van der Waals surface area (Å²) in [5.41, 5.74) is 4.18. The Labute approximate surface area is 94.1 Å². The number of imidazole rings is 1. The molecule has 2 aromatic heterocycles. The van der Waals surface area contributed by atoms with E-state index >= 15 is 0 Å². The van der Waals surface area contributed by atoms with Crippen molar-refractivity contribution in [2.75, 3.05) is 5.73 Å².